The summed E-state index contributed by atoms with van der Waals surface area (Å²) in [6.45, 7) is 13.3. The van der Waals surface area contributed by atoms with Gasteiger partial charge in [0.2, 0.25) is 5.88 Å². The van der Waals surface area contributed by atoms with E-state index < -0.39 is 34.9 Å². The maximum absolute atomic E-state index is 11.7. The van der Waals surface area contributed by atoms with E-state index in [2.05, 4.69) is 10.3 Å². The van der Waals surface area contributed by atoms with E-state index in [0.717, 1.165) is 0 Å². The summed E-state index contributed by atoms with van der Waals surface area (Å²) < 4.78 is 22.8. The Hall–Kier alpha value is -2.40. The van der Waals surface area contributed by atoms with Gasteiger partial charge in [0.05, 0.1) is 22.7 Å². The fraction of sp³-hybridized carbons (Fsp3) is 0.684. The zero-order chi connectivity index (χ0) is 22.7. The van der Waals surface area contributed by atoms with Gasteiger partial charge < -0.3 is 24.1 Å². The molecule has 30 heavy (non-hydrogen) atoms. The first-order valence-corrected chi connectivity index (χ1v) is 9.82. The Labute approximate surface area is 176 Å². The third-order valence-corrected chi connectivity index (χ3v) is 4.84. The number of nitrogens with zero attached hydrogens (tertiary/aromatic N) is 2. The Bertz CT molecular complexity index is 777. The van der Waals surface area contributed by atoms with Crippen LogP contribution in [-0.4, -0.2) is 53.1 Å². The van der Waals surface area contributed by atoms with Crippen LogP contribution in [0.25, 0.3) is 0 Å². The smallest absolute Gasteiger partial charge is 0.478 e. The van der Waals surface area contributed by atoms with Crippen LogP contribution in [-0.2, 0) is 14.0 Å². The van der Waals surface area contributed by atoms with Gasteiger partial charge in [0.1, 0.15) is 11.1 Å². The first-order chi connectivity index (χ1) is 13.7. The molecule has 166 valence electrons. The Morgan fingerprint density at radius 3 is 2.40 bits per heavy atom. The lowest BCUT2D eigenvalue weighted by Crippen LogP contribution is -2.41. The predicted molar refractivity (Wildman–Crippen MR) is 111 cm³/mol. The highest BCUT2D eigenvalue weighted by atomic mass is 16.7. The number of ether oxygens (including phenoxy) is 2. The van der Waals surface area contributed by atoms with E-state index in [4.69, 9.17) is 18.8 Å². The Kier molecular flexibility index (Phi) is 6.98. The SMILES string of the molecule is CC(C)(C)OC(=O)NCCCOc1nccc([N+](=O)[O-])c1B1OC(C)(C)C(C)(C)O1. The standard InChI is InChI=1S/C19H30BN3O7/c1-17(2,3)28-16(24)22-10-8-12-27-15-14(13(23(25)26)9-11-21-15)20-29-18(4,5)19(6,7)30-20/h9,11H,8,10,12H2,1-7H3,(H,22,24). The van der Waals surface area contributed by atoms with Crippen molar-refractivity contribution in [2.24, 2.45) is 0 Å². The lowest BCUT2D eigenvalue weighted by Gasteiger charge is -2.32. The van der Waals surface area contributed by atoms with Gasteiger partial charge in [-0.25, -0.2) is 9.78 Å². The molecule has 1 aliphatic rings. The highest BCUT2D eigenvalue weighted by Gasteiger charge is 2.54. The van der Waals surface area contributed by atoms with Crippen molar-refractivity contribution in [3.63, 3.8) is 0 Å². The van der Waals surface area contributed by atoms with E-state index in [0.29, 0.717) is 13.0 Å². The number of carbonyl (C=O) groups is 1. The summed E-state index contributed by atoms with van der Waals surface area (Å²) in [5.41, 5.74) is -1.97. The summed E-state index contributed by atoms with van der Waals surface area (Å²) in [4.78, 5) is 26.9. The molecule has 11 heteroatoms. The Balaban J connectivity index is 2.06. The predicted octanol–water partition coefficient (Wildman–Crippen LogP) is 2.58. The van der Waals surface area contributed by atoms with Gasteiger partial charge in [-0.15, -0.1) is 0 Å². The molecule has 0 spiro atoms. The van der Waals surface area contributed by atoms with Gasteiger partial charge >= 0.3 is 13.2 Å². The Morgan fingerprint density at radius 1 is 1.27 bits per heavy atom. The Morgan fingerprint density at radius 2 is 1.87 bits per heavy atom. The average molecular weight is 423 g/mol. The molecule has 0 bridgehead atoms. The highest BCUT2D eigenvalue weighted by molar-refractivity contribution is 6.64. The van der Waals surface area contributed by atoms with Gasteiger partial charge in [-0.2, -0.15) is 0 Å². The van der Waals surface area contributed by atoms with Crippen LogP contribution in [0.2, 0.25) is 0 Å². The summed E-state index contributed by atoms with van der Waals surface area (Å²) in [7, 11) is -0.987. The normalized spacial score (nSPS) is 17.5. The van der Waals surface area contributed by atoms with Crippen molar-refractivity contribution in [3.8, 4) is 5.88 Å². The van der Waals surface area contributed by atoms with Crippen molar-refractivity contribution < 1.29 is 28.5 Å². The molecule has 0 saturated carbocycles. The monoisotopic (exact) mass is 423 g/mol. The van der Waals surface area contributed by atoms with Crippen molar-refractivity contribution in [3.05, 3.63) is 22.4 Å². The number of hydrogen-bond donors (Lipinski definition) is 1. The van der Waals surface area contributed by atoms with Crippen LogP contribution in [0.4, 0.5) is 10.5 Å². The van der Waals surface area contributed by atoms with Gasteiger partial charge in [-0.1, -0.05) is 0 Å². The first-order valence-electron chi connectivity index (χ1n) is 9.82. The number of rotatable bonds is 7. The van der Waals surface area contributed by atoms with E-state index in [1.165, 1.54) is 12.3 Å². The summed E-state index contributed by atoms with van der Waals surface area (Å²) in [5, 5.41) is 14.2. The minimum absolute atomic E-state index is 0.0694. The van der Waals surface area contributed by atoms with Crippen molar-refractivity contribution in [1.82, 2.24) is 10.3 Å². The quantitative estimate of drug-likeness (QED) is 0.307. The van der Waals surface area contributed by atoms with E-state index in [1.54, 1.807) is 20.8 Å². The molecule has 2 heterocycles. The molecule has 2 rings (SSSR count). The number of carbonyl (C=O) groups excluding carboxylic acids is 1. The van der Waals surface area contributed by atoms with E-state index >= 15 is 0 Å². The zero-order valence-corrected chi connectivity index (χ0v) is 18.6. The number of aromatic nitrogens is 1. The lowest BCUT2D eigenvalue weighted by molar-refractivity contribution is -0.383. The van der Waals surface area contributed by atoms with Gasteiger partial charge in [0.25, 0.3) is 5.69 Å². The maximum Gasteiger partial charge on any atom is 0.507 e. The van der Waals surface area contributed by atoms with Gasteiger partial charge in [-0.05, 0) is 54.9 Å². The fourth-order valence-electron chi connectivity index (χ4n) is 2.65. The molecule has 1 amide bonds. The van der Waals surface area contributed by atoms with Crippen molar-refractivity contribution in [1.29, 1.82) is 0 Å². The molecule has 1 N–H and O–H groups in total. The van der Waals surface area contributed by atoms with Crippen LogP contribution in [0, 0.1) is 10.1 Å². The van der Waals surface area contributed by atoms with Crippen LogP contribution in [0.15, 0.2) is 12.3 Å². The number of nitrogens with one attached hydrogen (secondary N) is 1. The first kappa shape index (κ1) is 23.9. The molecule has 10 nitrogen and oxygen atoms in total. The van der Waals surface area contributed by atoms with Crippen LogP contribution in [0.5, 0.6) is 5.88 Å². The topological polar surface area (TPSA) is 122 Å². The third-order valence-electron chi connectivity index (χ3n) is 4.84. The van der Waals surface area contributed by atoms with E-state index in [-0.39, 0.29) is 23.6 Å². The molecule has 1 aromatic rings. The largest absolute Gasteiger partial charge is 0.507 e. The van der Waals surface area contributed by atoms with Gasteiger partial charge in [0.15, 0.2) is 0 Å². The van der Waals surface area contributed by atoms with E-state index in [1.807, 2.05) is 27.7 Å². The molecule has 0 atom stereocenters. The molecular weight excluding hydrogens is 393 g/mol. The number of amides is 1. The molecule has 0 unspecified atom stereocenters. The lowest BCUT2D eigenvalue weighted by atomic mass is 9.78. The second kappa shape index (κ2) is 8.77. The maximum atomic E-state index is 11.7. The number of nitro groups is 1. The molecule has 1 aromatic heterocycles. The summed E-state index contributed by atoms with van der Waals surface area (Å²) in [6.07, 6.45) is 1.24. The fourth-order valence-corrected chi connectivity index (χ4v) is 2.65. The third kappa shape index (κ3) is 5.82. The molecule has 1 aliphatic heterocycles. The van der Waals surface area contributed by atoms with Crippen LogP contribution < -0.4 is 15.5 Å². The second-order valence-electron chi connectivity index (χ2n) is 9.02. The highest BCUT2D eigenvalue weighted by Crippen LogP contribution is 2.38. The number of pyridine rings is 1. The summed E-state index contributed by atoms with van der Waals surface area (Å²) in [5.74, 6) is 0.0694. The van der Waals surface area contributed by atoms with Gasteiger partial charge in [-0.3, -0.25) is 10.1 Å². The molecule has 1 saturated heterocycles. The van der Waals surface area contributed by atoms with Crippen molar-refractivity contribution >= 4 is 24.4 Å². The molecule has 0 radical (unpaired) electrons. The number of alkyl carbamates (subject to hydrolysis) is 1. The van der Waals surface area contributed by atoms with Crippen LogP contribution >= 0.6 is 0 Å². The molecule has 1 fully saturated rings. The second-order valence-corrected chi connectivity index (χ2v) is 9.02. The average Bonchev–Trinajstić information content (AvgIpc) is 2.80. The van der Waals surface area contributed by atoms with Gasteiger partial charge in [0, 0.05) is 18.8 Å². The van der Waals surface area contributed by atoms with E-state index in [9.17, 15) is 14.9 Å². The van der Waals surface area contributed by atoms with Crippen LogP contribution in [0.1, 0.15) is 54.9 Å². The minimum Gasteiger partial charge on any atom is -0.478 e. The van der Waals surface area contributed by atoms with Crippen molar-refractivity contribution in [2.75, 3.05) is 13.2 Å². The zero-order valence-electron chi connectivity index (χ0n) is 18.6. The molecule has 0 aliphatic carbocycles. The summed E-state index contributed by atoms with van der Waals surface area (Å²) in [6, 6.07) is 1.29. The molecule has 0 aromatic carbocycles. The van der Waals surface area contributed by atoms with Crippen LogP contribution in [0.3, 0.4) is 0 Å². The molecular formula is C19H30BN3O7. The minimum atomic E-state index is -0.987. The number of hydrogen-bond acceptors (Lipinski definition) is 8. The summed E-state index contributed by atoms with van der Waals surface area (Å²) >= 11 is 0. The van der Waals surface area contributed by atoms with Crippen molar-refractivity contribution in [2.45, 2.75) is 71.7 Å².